The number of rotatable bonds is 4. The number of methoxy groups -OCH3 is 1. The van der Waals surface area contributed by atoms with Gasteiger partial charge in [0.25, 0.3) is 5.91 Å². The van der Waals surface area contributed by atoms with Crippen molar-refractivity contribution in [2.24, 2.45) is 0 Å². The van der Waals surface area contributed by atoms with Crippen molar-refractivity contribution in [3.8, 4) is 11.5 Å². The number of amides is 1. The highest BCUT2D eigenvalue weighted by molar-refractivity contribution is 6.06. The van der Waals surface area contributed by atoms with Crippen LogP contribution in [-0.2, 0) is 4.79 Å². The van der Waals surface area contributed by atoms with Crippen molar-refractivity contribution >= 4 is 28.5 Å². The smallest absolute Gasteiger partial charge is 0.308 e. The minimum Gasteiger partial charge on any atom is -0.494 e. The van der Waals surface area contributed by atoms with Crippen molar-refractivity contribution in [2.75, 3.05) is 12.4 Å². The Morgan fingerprint density at radius 1 is 1.08 bits per heavy atom. The van der Waals surface area contributed by atoms with Crippen LogP contribution >= 0.6 is 0 Å². The second kappa shape index (κ2) is 6.45. The van der Waals surface area contributed by atoms with Gasteiger partial charge in [-0.25, -0.2) is 0 Å². The number of para-hydroxylation sites is 1. The van der Waals surface area contributed by atoms with E-state index in [-0.39, 0.29) is 5.91 Å². The van der Waals surface area contributed by atoms with Gasteiger partial charge in [-0.15, -0.1) is 0 Å². The highest BCUT2D eigenvalue weighted by Gasteiger charge is 2.13. The van der Waals surface area contributed by atoms with Crippen LogP contribution in [0.2, 0.25) is 0 Å². The SMILES string of the molecule is COc1cc(OC(C)=O)ccc1NC(=O)c1cc2ccccc2[nH]1. The van der Waals surface area contributed by atoms with E-state index in [9.17, 15) is 9.59 Å². The molecular formula is C18H16N2O4. The number of aromatic nitrogens is 1. The number of nitrogens with one attached hydrogen (secondary N) is 2. The lowest BCUT2D eigenvalue weighted by molar-refractivity contribution is -0.131. The number of H-pyrrole nitrogens is 1. The first-order valence-electron chi connectivity index (χ1n) is 7.32. The molecule has 0 spiro atoms. The van der Waals surface area contributed by atoms with Gasteiger partial charge in [-0.1, -0.05) is 18.2 Å². The minimum absolute atomic E-state index is 0.287. The number of esters is 1. The molecule has 0 saturated heterocycles. The van der Waals surface area contributed by atoms with E-state index < -0.39 is 5.97 Å². The number of carbonyl (C=O) groups is 2. The summed E-state index contributed by atoms with van der Waals surface area (Å²) in [6, 6.07) is 14.2. The van der Waals surface area contributed by atoms with E-state index in [0.717, 1.165) is 10.9 Å². The number of fused-ring (bicyclic) bond motifs is 1. The summed E-state index contributed by atoms with van der Waals surface area (Å²) in [4.78, 5) is 26.5. The first kappa shape index (κ1) is 15.6. The maximum absolute atomic E-state index is 12.4. The summed E-state index contributed by atoms with van der Waals surface area (Å²) < 4.78 is 10.3. The summed E-state index contributed by atoms with van der Waals surface area (Å²) in [5.74, 6) is 0.0397. The molecule has 3 aromatic rings. The van der Waals surface area contributed by atoms with E-state index in [1.165, 1.54) is 14.0 Å². The number of aromatic amines is 1. The fourth-order valence-corrected chi connectivity index (χ4v) is 2.39. The lowest BCUT2D eigenvalue weighted by Crippen LogP contribution is -2.13. The van der Waals surface area contributed by atoms with Crippen LogP contribution in [0.4, 0.5) is 5.69 Å². The highest BCUT2D eigenvalue weighted by Crippen LogP contribution is 2.29. The van der Waals surface area contributed by atoms with Crippen LogP contribution in [-0.4, -0.2) is 24.0 Å². The van der Waals surface area contributed by atoms with Crippen molar-refractivity contribution in [3.63, 3.8) is 0 Å². The molecular weight excluding hydrogens is 308 g/mol. The van der Waals surface area contributed by atoms with Gasteiger partial charge >= 0.3 is 5.97 Å². The Balaban J connectivity index is 1.84. The summed E-state index contributed by atoms with van der Waals surface area (Å²) in [5, 5.41) is 3.74. The van der Waals surface area contributed by atoms with E-state index >= 15 is 0 Å². The third-order valence-electron chi connectivity index (χ3n) is 3.46. The molecule has 0 unspecified atom stereocenters. The van der Waals surface area contributed by atoms with Gasteiger partial charge in [0.1, 0.15) is 17.2 Å². The van der Waals surface area contributed by atoms with Crippen LogP contribution in [0.5, 0.6) is 11.5 Å². The predicted molar refractivity (Wildman–Crippen MR) is 90.6 cm³/mol. The molecule has 6 heteroatoms. The molecule has 0 aliphatic rings. The zero-order valence-electron chi connectivity index (χ0n) is 13.3. The van der Waals surface area contributed by atoms with Crippen LogP contribution in [0.1, 0.15) is 17.4 Å². The number of hydrogen-bond donors (Lipinski definition) is 2. The van der Waals surface area contributed by atoms with Crippen molar-refractivity contribution in [2.45, 2.75) is 6.92 Å². The third-order valence-corrected chi connectivity index (χ3v) is 3.46. The summed E-state index contributed by atoms with van der Waals surface area (Å²) in [5.41, 5.74) is 1.82. The van der Waals surface area contributed by atoms with Gasteiger partial charge in [-0.3, -0.25) is 9.59 Å². The summed E-state index contributed by atoms with van der Waals surface area (Å²) in [7, 11) is 1.48. The first-order valence-corrected chi connectivity index (χ1v) is 7.32. The largest absolute Gasteiger partial charge is 0.494 e. The molecule has 0 aliphatic heterocycles. The van der Waals surface area contributed by atoms with Gasteiger partial charge in [0.15, 0.2) is 0 Å². The number of carbonyl (C=O) groups excluding carboxylic acids is 2. The highest BCUT2D eigenvalue weighted by atomic mass is 16.5. The molecule has 0 radical (unpaired) electrons. The average molecular weight is 324 g/mol. The fourth-order valence-electron chi connectivity index (χ4n) is 2.39. The minimum atomic E-state index is -0.424. The molecule has 1 aromatic heterocycles. The molecule has 0 fully saturated rings. The van der Waals surface area contributed by atoms with Crippen molar-refractivity contribution in [1.29, 1.82) is 0 Å². The van der Waals surface area contributed by atoms with Crippen LogP contribution < -0.4 is 14.8 Å². The quantitative estimate of drug-likeness (QED) is 0.570. The maximum atomic E-state index is 12.4. The van der Waals surface area contributed by atoms with Gasteiger partial charge < -0.3 is 19.8 Å². The second-order valence-electron chi connectivity index (χ2n) is 5.18. The number of benzene rings is 2. The van der Waals surface area contributed by atoms with Gasteiger partial charge in [0.05, 0.1) is 12.8 Å². The van der Waals surface area contributed by atoms with Gasteiger partial charge in [0.2, 0.25) is 0 Å². The van der Waals surface area contributed by atoms with E-state index in [1.807, 2.05) is 24.3 Å². The summed E-state index contributed by atoms with van der Waals surface area (Å²) >= 11 is 0. The Kier molecular flexibility index (Phi) is 4.20. The number of anilines is 1. The second-order valence-corrected chi connectivity index (χ2v) is 5.18. The Morgan fingerprint density at radius 3 is 2.58 bits per heavy atom. The van der Waals surface area contributed by atoms with E-state index in [4.69, 9.17) is 9.47 Å². The van der Waals surface area contributed by atoms with Crippen molar-refractivity contribution in [3.05, 3.63) is 54.2 Å². The zero-order valence-corrected chi connectivity index (χ0v) is 13.3. The number of ether oxygens (including phenoxy) is 2. The van der Waals surface area contributed by atoms with E-state index in [0.29, 0.717) is 22.9 Å². The Hall–Kier alpha value is -3.28. The Morgan fingerprint density at radius 2 is 1.88 bits per heavy atom. The molecule has 0 aliphatic carbocycles. The van der Waals surface area contributed by atoms with Crippen LogP contribution in [0, 0.1) is 0 Å². The topological polar surface area (TPSA) is 80.4 Å². The van der Waals surface area contributed by atoms with Crippen LogP contribution in [0.3, 0.4) is 0 Å². The molecule has 0 atom stereocenters. The van der Waals surface area contributed by atoms with Crippen molar-refractivity contribution < 1.29 is 19.1 Å². The van der Waals surface area contributed by atoms with Gasteiger partial charge in [-0.05, 0) is 24.3 Å². The normalized spacial score (nSPS) is 10.4. The predicted octanol–water partition coefficient (Wildman–Crippen LogP) is 3.35. The zero-order chi connectivity index (χ0) is 17.1. The average Bonchev–Trinajstić information content (AvgIpc) is 3.00. The molecule has 0 bridgehead atoms. The molecule has 6 nitrogen and oxygen atoms in total. The Labute approximate surface area is 138 Å². The lowest BCUT2D eigenvalue weighted by atomic mass is 10.2. The fraction of sp³-hybridized carbons (Fsp3) is 0.111. The monoisotopic (exact) mass is 324 g/mol. The molecule has 3 rings (SSSR count). The summed E-state index contributed by atoms with van der Waals surface area (Å²) in [6.07, 6.45) is 0. The van der Waals surface area contributed by atoms with Crippen LogP contribution in [0.25, 0.3) is 10.9 Å². The van der Waals surface area contributed by atoms with E-state index in [1.54, 1.807) is 24.3 Å². The van der Waals surface area contributed by atoms with Gasteiger partial charge in [0, 0.05) is 23.9 Å². The molecule has 2 aromatic carbocycles. The molecule has 1 heterocycles. The standard InChI is InChI=1S/C18H16N2O4/c1-11(21)24-13-7-8-15(17(10-13)23-2)20-18(22)16-9-12-5-3-4-6-14(12)19-16/h3-10,19H,1-2H3,(H,20,22). The van der Waals surface area contributed by atoms with Gasteiger partial charge in [-0.2, -0.15) is 0 Å². The number of hydrogen-bond acceptors (Lipinski definition) is 4. The molecule has 2 N–H and O–H groups in total. The summed E-state index contributed by atoms with van der Waals surface area (Å²) in [6.45, 7) is 1.32. The van der Waals surface area contributed by atoms with Crippen LogP contribution in [0.15, 0.2) is 48.5 Å². The lowest BCUT2D eigenvalue weighted by Gasteiger charge is -2.11. The van der Waals surface area contributed by atoms with Crippen molar-refractivity contribution in [1.82, 2.24) is 4.98 Å². The first-order chi connectivity index (χ1) is 11.6. The van der Waals surface area contributed by atoms with E-state index in [2.05, 4.69) is 10.3 Å². The maximum Gasteiger partial charge on any atom is 0.308 e. The Bertz CT molecular complexity index is 881. The third kappa shape index (κ3) is 3.22. The molecule has 24 heavy (non-hydrogen) atoms. The molecule has 0 saturated carbocycles. The molecule has 122 valence electrons. The molecule has 1 amide bonds.